The molecule has 0 radical (unpaired) electrons. The number of anilines is 2. The van der Waals surface area contributed by atoms with Gasteiger partial charge in [0.15, 0.2) is 0 Å². The molecule has 0 unspecified atom stereocenters. The molecule has 1 aliphatic carbocycles. The predicted octanol–water partition coefficient (Wildman–Crippen LogP) is 5.65. The fourth-order valence-corrected chi connectivity index (χ4v) is 4.48. The van der Waals surface area contributed by atoms with Gasteiger partial charge in [0.1, 0.15) is 0 Å². The monoisotopic (exact) mass is 520 g/mol. The Labute approximate surface area is 223 Å². The topological polar surface area (TPSA) is 77.1 Å². The van der Waals surface area contributed by atoms with Crippen LogP contribution in [0.25, 0.3) is 10.9 Å². The molecule has 192 valence electrons. The maximum absolute atomic E-state index is 13.9. The molecular weight excluding hydrogens is 489 g/mol. The third kappa shape index (κ3) is 5.43. The van der Waals surface area contributed by atoms with Crippen molar-refractivity contribution >= 4 is 33.9 Å². The normalized spacial score (nSPS) is 17.5. The van der Waals surface area contributed by atoms with Crippen molar-refractivity contribution < 1.29 is 5.76 Å². The van der Waals surface area contributed by atoms with Crippen molar-refractivity contribution in [3.05, 3.63) is 70.2 Å². The van der Waals surface area contributed by atoms with E-state index in [4.69, 9.17) is 18.0 Å². The van der Waals surface area contributed by atoms with Gasteiger partial charge in [-0.15, -0.1) is 12.0 Å². The Morgan fingerprint density at radius 2 is 2.14 bits per heavy atom. The molecule has 9 heteroatoms. The van der Waals surface area contributed by atoms with Crippen molar-refractivity contribution in [3.8, 4) is 12.3 Å². The second-order valence-electron chi connectivity index (χ2n) is 10.6. The minimum absolute atomic E-state index is 0.00556. The van der Waals surface area contributed by atoms with Gasteiger partial charge in [0, 0.05) is 47.3 Å². The van der Waals surface area contributed by atoms with Gasteiger partial charge in [-0.3, -0.25) is 9.99 Å². The van der Waals surface area contributed by atoms with Gasteiger partial charge in [0.05, 0.1) is 34.9 Å². The first kappa shape index (κ1) is 23.8. The standard InChI is InChI=1S/C28H31ClFN7/c1-6-17-13-31-26-21(25(17)32-15-28(3,4)5)11-18(12-22(26)29)34-27(20-9-10-24(30)33-16(20)2)23-14-37(36-35-23)19-7-8-19/h1,9-14,19,27,34-36H,7-8,15H2,2-5H3,(H,31,32)/t27-/m0/s1/i27D. The number of nitrogens with one attached hydrogen (secondary N) is 4. The van der Waals surface area contributed by atoms with Crippen molar-refractivity contribution in [1.29, 1.82) is 0 Å². The summed E-state index contributed by atoms with van der Waals surface area (Å²) in [4.78, 5) is 8.50. The molecule has 1 aliphatic heterocycles. The summed E-state index contributed by atoms with van der Waals surface area (Å²) in [5.74, 6) is 2.11. The van der Waals surface area contributed by atoms with E-state index in [1.165, 1.54) is 6.07 Å². The smallest absolute Gasteiger partial charge is 0.213 e. The average Bonchev–Trinajstić information content (AvgIpc) is 3.57. The van der Waals surface area contributed by atoms with E-state index >= 15 is 0 Å². The van der Waals surface area contributed by atoms with Gasteiger partial charge in [-0.05, 0) is 43.4 Å². The maximum atomic E-state index is 13.9. The number of hydrogen-bond acceptors (Lipinski definition) is 7. The number of hydrogen-bond donors (Lipinski definition) is 4. The summed E-state index contributed by atoms with van der Waals surface area (Å²) in [7, 11) is 0. The Kier molecular flexibility index (Phi) is 6.27. The van der Waals surface area contributed by atoms with Gasteiger partial charge in [0.25, 0.3) is 0 Å². The number of nitrogens with zero attached hydrogens (tertiary/aromatic N) is 3. The van der Waals surface area contributed by atoms with Gasteiger partial charge in [-0.25, -0.2) is 4.98 Å². The zero-order valence-electron chi connectivity index (χ0n) is 22.3. The van der Waals surface area contributed by atoms with E-state index in [0.717, 1.165) is 23.9 Å². The van der Waals surface area contributed by atoms with Gasteiger partial charge < -0.3 is 16.1 Å². The van der Waals surface area contributed by atoms with Crippen LogP contribution in [-0.2, 0) is 0 Å². The van der Waals surface area contributed by atoms with Crippen molar-refractivity contribution in [3.63, 3.8) is 0 Å². The SMILES string of the molecule is [2H][C@@](Nc1cc(Cl)c2ncc(C#C)c(NCC(C)(C)C)c2c1)(C1=CN(C2CC2)NN1)c1ccc(F)nc1C. The average molecular weight is 521 g/mol. The van der Waals surface area contributed by atoms with Crippen LogP contribution in [0.3, 0.4) is 0 Å². The van der Waals surface area contributed by atoms with E-state index in [9.17, 15) is 5.76 Å². The summed E-state index contributed by atoms with van der Waals surface area (Å²) in [5, 5.41) is 9.93. The van der Waals surface area contributed by atoms with Crippen LogP contribution in [0.15, 0.2) is 42.4 Å². The van der Waals surface area contributed by atoms with E-state index in [1.54, 1.807) is 25.3 Å². The second kappa shape index (κ2) is 9.73. The first-order valence-electron chi connectivity index (χ1n) is 12.8. The molecule has 7 nitrogen and oxygen atoms in total. The molecule has 2 aromatic heterocycles. The summed E-state index contributed by atoms with van der Waals surface area (Å²) < 4.78 is 23.6. The zero-order valence-corrected chi connectivity index (χ0v) is 22.1. The first-order valence-corrected chi connectivity index (χ1v) is 12.6. The number of benzene rings is 1. The molecule has 37 heavy (non-hydrogen) atoms. The second-order valence-corrected chi connectivity index (χ2v) is 11.1. The molecule has 0 spiro atoms. The molecule has 3 heterocycles. The molecular formula is C28H31ClFN7. The Balaban J connectivity index is 1.62. The summed E-state index contributed by atoms with van der Waals surface area (Å²) in [6.45, 7) is 8.77. The summed E-state index contributed by atoms with van der Waals surface area (Å²) in [6, 6.07) is 5.29. The molecule has 3 aromatic rings. The van der Waals surface area contributed by atoms with Crippen molar-refractivity contribution in [1.82, 2.24) is 25.9 Å². The Bertz CT molecular complexity index is 1470. The Morgan fingerprint density at radius 3 is 2.81 bits per heavy atom. The van der Waals surface area contributed by atoms with Crippen LogP contribution in [0.1, 0.15) is 57.8 Å². The van der Waals surface area contributed by atoms with Crippen LogP contribution < -0.4 is 21.6 Å². The molecule has 2 aliphatic rings. The quantitative estimate of drug-likeness (QED) is 0.237. The lowest BCUT2D eigenvalue weighted by molar-refractivity contribution is 0.260. The predicted molar refractivity (Wildman–Crippen MR) is 147 cm³/mol. The van der Waals surface area contributed by atoms with Gasteiger partial charge in [0.2, 0.25) is 5.95 Å². The highest BCUT2D eigenvalue weighted by molar-refractivity contribution is 6.35. The van der Waals surface area contributed by atoms with Crippen LogP contribution in [-0.4, -0.2) is 27.6 Å². The minimum atomic E-state index is -1.55. The Morgan fingerprint density at radius 1 is 1.35 bits per heavy atom. The lowest BCUT2D eigenvalue weighted by atomic mass is 9.96. The van der Waals surface area contributed by atoms with E-state index < -0.39 is 12.0 Å². The minimum Gasteiger partial charge on any atom is -0.383 e. The molecule has 0 saturated heterocycles. The highest BCUT2D eigenvalue weighted by Crippen LogP contribution is 2.37. The molecule has 0 bridgehead atoms. The van der Waals surface area contributed by atoms with Crippen LogP contribution in [0.2, 0.25) is 5.02 Å². The number of fused-ring (bicyclic) bond motifs is 1. The zero-order chi connectivity index (χ0) is 27.2. The first-order chi connectivity index (χ1) is 18.0. The molecule has 4 N–H and O–H groups in total. The van der Waals surface area contributed by atoms with Gasteiger partial charge >= 0.3 is 0 Å². The number of hydrazine groups is 2. The summed E-state index contributed by atoms with van der Waals surface area (Å²) >= 11 is 6.72. The van der Waals surface area contributed by atoms with Crippen LogP contribution in [0, 0.1) is 30.6 Å². The highest BCUT2D eigenvalue weighted by Gasteiger charge is 2.33. The lowest BCUT2D eigenvalue weighted by Crippen LogP contribution is -2.38. The van der Waals surface area contributed by atoms with E-state index in [1.807, 2.05) is 17.3 Å². The van der Waals surface area contributed by atoms with Crippen LogP contribution >= 0.6 is 11.6 Å². The van der Waals surface area contributed by atoms with E-state index in [-0.39, 0.29) is 5.41 Å². The molecule has 1 atom stereocenters. The van der Waals surface area contributed by atoms with Gasteiger partial charge in [-0.1, -0.05) is 44.4 Å². The van der Waals surface area contributed by atoms with Crippen LogP contribution in [0.5, 0.6) is 0 Å². The fourth-order valence-electron chi connectivity index (χ4n) is 4.21. The third-order valence-electron chi connectivity index (χ3n) is 6.26. The molecule has 5 rings (SSSR count). The number of terminal acetylenes is 1. The summed E-state index contributed by atoms with van der Waals surface area (Å²) in [6.07, 6.45) is 11.5. The third-order valence-corrected chi connectivity index (χ3v) is 6.55. The number of halogens is 2. The lowest BCUT2D eigenvalue weighted by Gasteiger charge is -2.24. The van der Waals surface area contributed by atoms with E-state index in [0.29, 0.717) is 51.3 Å². The fraction of sp³-hybridized carbons (Fsp3) is 0.357. The number of pyridine rings is 2. The van der Waals surface area contributed by atoms with Gasteiger partial charge in [-0.2, -0.15) is 4.39 Å². The maximum Gasteiger partial charge on any atom is 0.213 e. The Hall–Kier alpha value is -3.54. The summed E-state index contributed by atoms with van der Waals surface area (Å²) in [5.41, 5.74) is 10.2. The van der Waals surface area contributed by atoms with Crippen molar-refractivity contribution in [2.24, 2.45) is 5.41 Å². The molecule has 1 saturated carbocycles. The largest absolute Gasteiger partial charge is 0.383 e. The molecule has 1 aromatic carbocycles. The number of aryl methyl sites for hydroxylation is 1. The number of aromatic nitrogens is 2. The molecule has 1 fully saturated rings. The highest BCUT2D eigenvalue weighted by atomic mass is 35.5. The number of rotatable bonds is 7. The van der Waals surface area contributed by atoms with E-state index in [2.05, 4.69) is 58.3 Å². The molecule has 0 amide bonds. The van der Waals surface area contributed by atoms with Crippen molar-refractivity contribution in [2.75, 3.05) is 17.2 Å². The van der Waals surface area contributed by atoms with Crippen molar-refractivity contribution in [2.45, 2.75) is 52.6 Å². The van der Waals surface area contributed by atoms with Crippen LogP contribution in [0.4, 0.5) is 15.8 Å².